The number of hydrogen-bond donors (Lipinski definition) is 0. The standard InChI is InChI=1S/C8H9O.W/c1-4-5-7(2)6-8(3)9;/h1-2,4-5H,6H2,3H3;/q-1;/b5-4-;. The number of allylic oxidation sites excluding steroid dienone is 3. The van der Waals surface area contributed by atoms with Gasteiger partial charge in [-0.1, -0.05) is 0 Å². The van der Waals surface area contributed by atoms with E-state index >= 15 is 0 Å². The van der Waals surface area contributed by atoms with Gasteiger partial charge in [0, 0.05) is 0 Å². The molecule has 0 N–H and O–H groups in total. The fourth-order valence-electron chi connectivity index (χ4n) is 0.509. The molecule has 0 aliphatic carbocycles. The second-order valence-corrected chi connectivity index (χ2v) is 2.93. The van der Waals surface area contributed by atoms with Crippen LogP contribution in [0.1, 0.15) is 13.3 Å². The molecule has 0 aliphatic rings. The Kier molecular flexibility index (Phi) is 5.33. The second kappa shape index (κ2) is 5.49. The third kappa shape index (κ3) is 5.84. The van der Waals surface area contributed by atoms with Crippen molar-refractivity contribution in [2.75, 3.05) is 0 Å². The Bertz CT molecular complexity index is 180. The average molecular weight is 305 g/mol. The summed E-state index contributed by atoms with van der Waals surface area (Å²) in [7, 11) is 0. The van der Waals surface area contributed by atoms with E-state index in [4.69, 9.17) is 6.58 Å². The summed E-state index contributed by atoms with van der Waals surface area (Å²) < 4.78 is 1.95. The normalized spacial score (nSPS) is 9.70. The Hall–Kier alpha value is -0.292. The monoisotopic (exact) mass is 305 g/mol. The van der Waals surface area contributed by atoms with Crippen molar-refractivity contribution in [3.63, 3.8) is 0 Å². The first-order chi connectivity index (χ1) is 4.66. The van der Waals surface area contributed by atoms with Gasteiger partial charge in [-0.3, -0.25) is 0 Å². The van der Waals surface area contributed by atoms with Crippen LogP contribution in [-0.4, -0.2) is 10.2 Å². The zero-order valence-corrected chi connectivity index (χ0v) is 8.77. The van der Waals surface area contributed by atoms with Gasteiger partial charge >= 0.3 is 72.0 Å². The molecule has 0 atom stereocenters. The molecule has 0 aromatic heterocycles. The molecule has 0 unspecified atom stereocenters. The van der Waals surface area contributed by atoms with E-state index in [1.807, 2.05) is 10.5 Å². The SMILES string of the molecule is [CH-]=C(/C=C\[CH]=[W])CC(C)=O. The molecule has 0 radical (unpaired) electrons. The molecule has 0 aromatic rings. The molecule has 1 nitrogen and oxygen atoms in total. The van der Waals surface area contributed by atoms with Gasteiger partial charge in [-0.15, -0.1) is 0 Å². The minimum atomic E-state index is 0.102. The third-order valence-corrected chi connectivity index (χ3v) is 1.41. The maximum atomic E-state index is 10.5. The topological polar surface area (TPSA) is 17.1 Å². The Balaban J connectivity index is 3.75. The van der Waals surface area contributed by atoms with E-state index < -0.39 is 0 Å². The molecule has 0 heterocycles. The van der Waals surface area contributed by atoms with Gasteiger partial charge in [0.15, 0.2) is 0 Å². The molecule has 0 aliphatic heterocycles. The van der Waals surface area contributed by atoms with E-state index in [1.54, 1.807) is 6.08 Å². The Labute approximate surface area is 72.2 Å². The van der Waals surface area contributed by atoms with Gasteiger partial charge in [0.05, 0.1) is 0 Å². The molecule has 2 heteroatoms. The third-order valence-electron chi connectivity index (χ3n) is 0.842. The summed E-state index contributed by atoms with van der Waals surface area (Å²) in [4.78, 5) is 10.5. The number of rotatable bonds is 4. The number of Topliss-reactive ketones (excluding diaryl/α,β-unsaturated/α-hetero) is 1. The van der Waals surface area contributed by atoms with Crippen LogP contribution in [0.5, 0.6) is 0 Å². The molecule has 0 spiro atoms. The summed E-state index contributed by atoms with van der Waals surface area (Å²) in [5.41, 5.74) is 0.630. The molecule has 0 saturated carbocycles. The van der Waals surface area contributed by atoms with Crippen molar-refractivity contribution in [3.8, 4) is 0 Å². The van der Waals surface area contributed by atoms with Crippen LogP contribution in [0.15, 0.2) is 17.7 Å². The minimum absolute atomic E-state index is 0.102. The predicted molar refractivity (Wildman–Crippen MR) is 38.3 cm³/mol. The average Bonchev–Trinajstić information content (AvgIpc) is 1.82. The van der Waals surface area contributed by atoms with Gasteiger partial charge < -0.3 is 0 Å². The predicted octanol–water partition coefficient (Wildman–Crippen LogP) is 1.23. The molecule has 0 rings (SSSR count). The first kappa shape index (κ1) is 9.71. The van der Waals surface area contributed by atoms with Crippen molar-refractivity contribution in [3.05, 3.63) is 24.3 Å². The van der Waals surface area contributed by atoms with E-state index in [9.17, 15) is 4.79 Å². The molecule has 0 aromatic carbocycles. The van der Waals surface area contributed by atoms with Gasteiger partial charge in [0.2, 0.25) is 0 Å². The van der Waals surface area contributed by atoms with Gasteiger partial charge in [0.1, 0.15) is 0 Å². The first-order valence-electron chi connectivity index (χ1n) is 2.89. The van der Waals surface area contributed by atoms with Gasteiger partial charge in [-0.05, 0) is 0 Å². The van der Waals surface area contributed by atoms with E-state index in [0.29, 0.717) is 12.0 Å². The van der Waals surface area contributed by atoms with Gasteiger partial charge in [-0.25, -0.2) is 0 Å². The Morgan fingerprint density at radius 2 is 2.30 bits per heavy atom. The number of carbonyl (C=O) groups excluding carboxylic acids is 1. The molecule has 10 heavy (non-hydrogen) atoms. The van der Waals surface area contributed by atoms with Crippen molar-refractivity contribution in [2.45, 2.75) is 13.3 Å². The van der Waals surface area contributed by atoms with Gasteiger partial charge in [-0.2, -0.15) is 0 Å². The van der Waals surface area contributed by atoms with Crippen molar-refractivity contribution in [1.29, 1.82) is 0 Å². The van der Waals surface area contributed by atoms with Crippen molar-refractivity contribution in [1.82, 2.24) is 0 Å². The van der Waals surface area contributed by atoms with Crippen LogP contribution in [0.3, 0.4) is 0 Å². The van der Waals surface area contributed by atoms with Crippen LogP contribution >= 0.6 is 0 Å². The van der Waals surface area contributed by atoms with Crippen molar-refractivity contribution >= 4 is 10.2 Å². The van der Waals surface area contributed by atoms with Crippen LogP contribution < -0.4 is 0 Å². The van der Waals surface area contributed by atoms with E-state index in [2.05, 4.69) is 0 Å². The summed E-state index contributed by atoms with van der Waals surface area (Å²) in [6, 6.07) is 0. The van der Waals surface area contributed by atoms with E-state index in [1.165, 1.54) is 26.3 Å². The summed E-state index contributed by atoms with van der Waals surface area (Å²) in [5, 5.41) is 0. The number of ketones is 1. The van der Waals surface area contributed by atoms with Crippen molar-refractivity contribution in [2.24, 2.45) is 0 Å². The quantitative estimate of drug-likeness (QED) is 0.564. The molecular formula is C8H9OW-. The van der Waals surface area contributed by atoms with Crippen LogP contribution in [0.4, 0.5) is 0 Å². The molecule has 0 bridgehead atoms. The zero-order chi connectivity index (χ0) is 7.98. The number of hydrogen-bond acceptors (Lipinski definition) is 1. The van der Waals surface area contributed by atoms with Crippen LogP contribution in [0, 0.1) is 6.58 Å². The fraction of sp³-hybridized carbons (Fsp3) is 0.250. The zero-order valence-electron chi connectivity index (χ0n) is 5.83. The van der Waals surface area contributed by atoms with E-state index in [-0.39, 0.29) is 5.78 Å². The van der Waals surface area contributed by atoms with Crippen LogP contribution in [-0.2, 0) is 24.1 Å². The Morgan fingerprint density at radius 1 is 1.70 bits per heavy atom. The summed E-state index contributed by atoms with van der Waals surface area (Å²) in [6.07, 6.45) is 3.97. The molecule has 0 fully saturated rings. The molecule has 0 saturated heterocycles. The second-order valence-electron chi connectivity index (χ2n) is 1.95. The molecule has 0 amide bonds. The molecule has 54 valence electrons. The summed E-state index contributed by atoms with van der Waals surface area (Å²) in [6.45, 7) is 6.99. The van der Waals surface area contributed by atoms with E-state index in [0.717, 1.165) is 0 Å². The Morgan fingerprint density at radius 3 is 2.70 bits per heavy atom. The van der Waals surface area contributed by atoms with Crippen LogP contribution in [0.2, 0.25) is 0 Å². The van der Waals surface area contributed by atoms with Crippen LogP contribution in [0.25, 0.3) is 0 Å². The fourth-order valence-corrected chi connectivity index (χ4v) is 0.792. The summed E-state index contributed by atoms with van der Waals surface area (Å²) in [5.74, 6) is 0.102. The van der Waals surface area contributed by atoms with Crippen molar-refractivity contribution < 1.29 is 24.1 Å². The number of carbonyl (C=O) groups is 1. The first-order valence-corrected chi connectivity index (χ1v) is 4.58. The van der Waals surface area contributed by atoms with Gasteiger partial charge in [0.25, 0.3) is 0 Å². The summed E-state index contributed by atoms with van der Waals surface area (Å²) >= 11 is 1.38. The maximum absolute atomic E-state index is 10.5. The molecular weight excluding hydrogens is 296 g/mol.